The molecule has 3 aromatic rings. The molecule has 1 aromatic carbocycles. The summed E-state index contributed by atoms with van der Waals surface area (Å²) in [6.07, 6.45) is -0.488. The lowest BCUT2D eigenvalue weighted by atomic mass is 9.86. The lowest BCUT2D eigenvalue weighted by Gasteiger charge is -2.20. The molecule has 1 amide bonds. The van der Waals surface area contributed by atoms with Gasteiger partial charge in [0.25, 0.3) is 0 Å². The van der Waals surface area contributed by atoms with E-state index in [0.717, 1.165) is 43.4 Å². The number of thioether (sulfide) groups is 1. The zero-order valence-corrected chi connectivity index (χ0v) is 22.0. The number of benzene rings is 1. The van der Waals surface area contributed by atoms with Crippen LogP contribution in [-0.4, -0.2) is 26.4 Å². The molecule has 7 nitrogen and oxygen atoms in total. The summed E-state index contributed by atoms with van der Waals surface area (Å²) in [5.41, 5.74) is 0.843. The number of amides is 1. The number of aromatic nitrogens is 3. The van der Waals surface area contributed by atoms with Crippen molar-refractivity contribution in [3.63, 3.8) is 0 Å². The number of thiophene rings is 1. The molecule has 1 unspecified atom stereocenters. The summed E-state index contributed by atoms with van der Waals surface area (Å²) >= 11 is 2.68. The third-order valence-corrected chi connectivity index (χ3v) is 8.42. The Morgan fingerprint density at radius 1 is 1.35 bits per heavy atom. The Morgan fingerprint density at radius 3 is 2.86 bits per heavy atom. The molecule has 0 saturated heterocycles. The van der Waals surface area contributed by atoms with E-state index in [2.05, 4.69) is 28.5 Å². The molecule has 12 heteroatoms. The molecule has 0 bridgehead atoms. The molecule has 2 aromatic heterocycles. The maximum atomic E-state index is 12.9. The highest BCUT2D eigenvalue weighted by molar-refractivity contribution is 7.99. The minimum atomic E-state index is -4.46. The Hall–Kier alpha value is -3.04. The summed E-state index contributed by atoms with van der Waals surface area (Å²) in [6, 6.07) is 6.91. The van der Waals surface area contributed by atoms with Crippen LogP contribution in [0.25, 0.3) is 0 Å². The smallest absolute Gasteiger partial charge is 0.416 e. The predicted octanol–water partition coefficient (Wildman–Crippen LogP) is 6.07. The van der Waals surface area contributed by atoms with E-state index in [0.29, 0.717) is 34.0 Å². The van der Waals surface area contributed by atoms with E-state index in [1.807, 2.05) is 6.92 Å². The molecule has 0 spiro atoms. The van der Waals surface area contributed by atoms with E-state index >= 15 is 0 Å². The zero-order valence-electron chi connectivity index (χ0n) is 20.4. The highest BCUT2D eigenvalue weighted by atomic mass is 32.2. The number of nitrogens with zero attached hydrogens (tertiary/aromatic N) is 4. The van der Waals surface area contributed by atoms with Crippen LogP contribution in [0.5, 0.6) is 5.75 Å². The summed E-state index contributed by atoms with van der Waals surface area (Å²) < 4.78 is 46.1. The Labute approximate surface area is 221 Å². The number of hydrogen-bond acceptors (Lipinski definition) is 7. The van der Waals surface area contributed by atoms with E-state index in [-0.39, 0.29) is 24.0 Å². The van der Waals surface area contributed by atoms with Gasteiger partial charge >= 0.3 is 6.18 Å². The molecular formula is C25H26F3N5O2S2. The van der Waals surface area contributed by atoms with Crippen LogP contribution in [0.1, 0.15) is 54.1 Å². The largest absolute Gasteiger partial charge is 0.486 e. The average molecular weight is 550 g/mol. The zero-order chi connectivity index (χ0) is 26.6. The van der Waals surface area contributed by atoms with Crippen molar-refractivity contribution in [3.8, 4) is 11.8 Å². The second-order valence-electron chi connectivity index (χ2n) is 8.63. The summed E-state index contributed by atoms with van der Waals surface area (Å²) in [7, 11) is 0. The van der Waals surface area contributed by atoms with Crippen molar-refractivity contribution >= 4 is 34.0 Å². The molecule has 0 aliphatic heterocycles. The van der Waals surface area contributed by atoms with Crippen LogP contribution in [0.15, 0.2) is 29.4 Å². The lowest BCUT2D eigenvalue weighted by molar-refractivity contribution is -0.137. The first-order valence-electron chi connectivity index (χ1n) is 11.9. The third-order valence-electron chi connectivity index (χ3n) is 6.28. The first-order valence-corrected chi connectivity index (χ1v) is 13.7. The molecule has 0 fully saturated rings. The quantitative estimate of drug-likeness (QED) is 0.326. The molecule has 1 N–H and O–H groups in total. The van der Waals surface area contributed by atoms with Crippen LogP contribution in [0.2, 0.25) is 0 Å². The molecule has 1 aliphatic rings. The number of ether oxygens (including phenoxy) is 1. The number of fused-ring (bicyclic) bond motifs is 1. The third kappa shape index (κ3) is 6.27. The molecule has 0 radical (unpaired) electrons. The van der Waals surface area contributed by atoms with E-state index in [9.17, 15) is 23.2 Å². The fourth-order valence-corrected chi connectivity index (χ4v) is 6.41. The number of hydrogen-bond donors (Lipinski definition) is 1. The van der Waals surface area contributed by atoms with Gasteiger partial charge in [-0.3, -0.25) is 4.79 Å². The number of rotatable bonds is 9. The van der Waals surface area contributed by atoms with Gasteiger partial charge < -0.3 is 14.6 Å². The van der Waals surface area contributed by atoms with E-state index in [1.165, 1.54) is 40.1 Å². The van der Waals surface area contributed by atoms with Crippen LogP contribution in [0.4, 0.5) is 18.2 Å². The lowest BCUT2D eigenvalue weighted by Crippen LogP contribution is -2.15. The number of nitrogens with one attached hydrogen (secondary N) is 1. The Balaban J connectivity index is 1.37. The maximum absolute atomic E-state index is 12.9. The van der Waals surface area contributed by atoms with Gasteiger partial charge in [-0.2, -0.15) is 18.4 Å². The minimum absolute atomic E-state index is 0.0671. The molecule has 0 saturated carbocycles. The predicted molar refractivity (Wildman–Crippen MR) is 136 cm³/mol. The molecule has 2 heterocycles. The van der Waals surface area contributed by atoms with Crippen LogP contribution in [-0.2, 0) is 37.0 Å². The molecule has 196 valence electrons. The van der Waals surface area contributed by atoms with Crippen LogP contribution in [0, 0.1) is 17.2 Å². The van der Waals surface area contributed by atoms with Gasteiger partial charge in [0.15, 0.2) is 11.0 Å². The Kier molecular flexibility index (Phi) is 8.44. The van der Waals surface area contributed by atoms with Crippen molar-refractivity contribution in [1.29, 1.82) is 5.26 Å². The SMILES string of the molecule is CCC1CCc2c(sc(NC(=O)CSc3nnc(COc4cccc(C(F)(F)F)c4)n3CC)c2C#N)C1. The van der Waals surface area contributed by atoms with Gasteiger partial charge in [-0.15, -0.1) is 21.5 Å². The number of alkyl halides is 3. The number of nitriles is 1. The Morgan fingerprint density at radius 2 is 2.16 bits per heavy atom. The van der Waals surface area contributed by atoms with Crippen molar-refractivity contribution in [1.82, 2.24) is 14.8 Å². The molecule has 4 rings (SSSR count). The topological polar surface area (TPSA) is 92.8 Å². The van der Waals surface area contributed by atoms with Gasteiger partial charge in [-0.05, 0) is 55.9 Å². The van der Waals surface area contributed by atoms with Crippen LogP contribution < -0.4 is 10.1 Å². The van der Waals surface area contributed by atoms with Gasteiger partial charge in [-0.25, -0.2) is 0 Å². The van der Waals surface area contributed by atoms with Gasteiger partial charge in [0.05, 0.1) is 16.9 Å². The second kappa shape index (κ2) is 11.6. The summed E-state index contributed by atoms with van der Waals surface area (Å²) in [5.74, 6) is 0.943. The summed E-state index contributed by atoms with van der Waals surface area (Å²) in [6.45, 7) is 4.47. The maximum Gasteiger partial charge on any atom is 0.416 e. The van der Waals surface area contributed by atoms with Gasteiger partial charge in [0, 0.05) is 11.4 Å². The number of carbonyl (C=O) groups is 1. The molecule has 1 aliphatic carbocycles. The average Bonchev–Trinajstić information content (AvgIpc) is 3.44. The van der Waals surface area contributed by atoms with Crippen LogP contribution >= 0.6 is 23.1 Å². The Bertz CT molecular complexity index is 1310. The minimum Gasteiger partial charge on any atom is -0.486 e. The molecule has 37 heavy (non-hydrogen) atoms. The standard InChI is InChI=1S/C25H26F3N5O2S2/c1-3-15-8-9-18-19(12-29)23(37-20(18)10-15)30-22(34)14-36-24-32-31-21(33(24)4-2)13-35-17-7-5-6-16(11-17)25(26,27)28/h5-7,11,15H,3-4,8-10,13-14H2,1-2H3,(H,30,34). The number of halogens is 3. The van der Waals surface area contributed by atoms with Crippen molar-refractivity contribution < 1.29 is 22.7 Å². The van der Waals surface area contributed by atoms with Crippen molar-refractivity contribution in [2.45, 2.75) is 64.0 Å². The van der Waals surface area contributed by atoms with Crippen LogP contribution in [0.3, 0.4) is 0 Å². The highest BCUT2D eigenvalue weighted by Gasteiger charge is 2.30. The first kappa shape index (κ1) is 27.0. The summed E-state index contributed by atoms with van der Waals surface area (Å²) in [4.78, 5) is 13.9. The van der Waals surface area contributed by atoms with E-state index in [1.54, 1.807) is 4.57 Å². The van der Waals surface area contributed by atoms with Gasteiger partial charge in [0.2, 0.25) is 5.91 Å². The normalized spacial score (nSPS) is 15.2. The highest BCUT2D eigenvalue weighted by Crippen LogP contribution is 2.40. The number of carbonyl (C=O) groups excluding carboxylic acids is 1. The van der Waals surface area contributed by atoms with Crippen molar-refractivity contribution in [3.05, 3.63) is 51.7 Å². The number of anilines is 1. The van der Waals surface area contributed by atoms with Crippen molar-refractivity contribution in [2.75, 3.05) is 11.1 Å². The molecule has 1 atom stereocenters. The second-order valence-corrected chi connectivity index (χ2v) is 10.7. The van der Waals surface area contributed by atoms with Gasteiger partial charge in [-0.1, -0.05) is 31.2 Å². The summed E-state index contributed by atoms with van der Waals surface area (Å²) in [5, 5.41) is 21.9. The van der Waals surface area contributed by atoms with Crippen molar-refractivity contribution in [2.24, 2.45) is 5.92 Å². The first-order chi connectivity index (χ1) is 17.7. The molecular weight excluding hydrogens is 523 g/mol. The van der Waals surface area contributed by atoms with Gasteiger partial charge in [0.1, 0.15) is 23.4 Å². The fourth-order valence-electron chi connectivity index (χ4n) is 4.26. The van der Waals surface area contributed by atoms with E-state index in [4.69, 9.17) is 4.74 Å². The van der Waals surface area contributed by atoms with E-state index < -0.39 is 11.7 Å². The fraction of sp³-hybridized carbons (Fsp3) is 0.440. The monoisotopic (exact) mass is 549 g/mol.